The van der Waals surface area contributed by atoms with Gasteiger partial charge in [-0.3, -0.25) is 9.36 Å². The number of nitrogens with one attached hydrogen (secondary N) is 1. The van der Waals surface area contributed by atoms with Crippen LogP contribution in [-0.2, 0) is 4.79 Å². The van der Waals surface area contributed by atoms with E-state index in [2.05, 4.69) is 69.6 Å². The van der Waals surface area contributed by atoms with Gasteiger partial charge in [-0.05, 0) is 55.7 Å². The van der Waals surface area contributed by atoms with Crippen LogP contribution in [0.2, 0.25) is 0 Å². The molecule has 0 aliphatic heterocycles. The number of rotatable bonds is 10. The summed E-state index contributed by atoms with van der Waals surface area (Å²) in [6.07, 6.45) is 8.96. The van der Waals surface area contributed by atoms with Crippen LogP contribution in [0.25, 0.3) is 16.5 Å². The summed E-state index contributed by atoms with van der Waals surface area (Å²) >= 11 is 7.31. The normalized spacial score (nSPS) is 14.3. The molecule has 2 aromatic carbocycles. The van der Waals surface area contributed by atoms with E-state index in [1.807, 2.05) is 13.8 Å². The molecule has 0 amide bonds. The van der Waals surface area contributed by atoms with Gasteiger partial charge in [0.2, 0.25) is 0 Å². The van der Waals surface area contributed by atoms with Crippen LogP contribution in [0, 0.1) is 6.92 Å². The number of benzene rings is 2. The van der Waals surface area contributed by atoms with E-state index in [0.29, 0.717) is 22.3 Å². The molecule has 188 valence electrons. The van der Waals surface area contributed by atoms with Gasteiger partial charge in [0.25, 0.3) is 0 Å². The van der Waals surface area contributed by atoms with Crippen molar-refractivity contribution >= 4 is 40.4 Å². The topological polar surface area (TPSA) is 80.0 Å². The first-order valence-corrected chi connectivity index (χ1v) is 13.0. The molecular weight excluding hydrogens is 492 g/mol. The van der Waals surface area contributed by atoms with Crippen LogP contribution >= 0.6 is 23.4 Å². The maximum Gasteiger partial charge on any atom is 0.196 e. The van der Waals surface area contributed by atoms with Crippen molar-refractivity contribution in [2.45, 2.75) is 44.0 Å². The first-order valence-electron chi connectivity index (χ1n) is 11.6. The summed E-state index contributed by atoms with van der Waals surface area (Å²) < 4.78 is 2.06. The minimum Gasteiger partial charge on any atom is -0.373 e. The largest absolute Gasteiger partial charge is 0.373 e. The monoisotopic (exact) mass is 522 g/mol. The quantitative estimate of drug-likeness (QED) is 0.109. The predicted octanol–water partition coefficient (Wildman–Crippen LogP) is 6.19. The molecule has 0 spiro atoms. The lowest BCUT2D eigenvalue weighted by atomic mass is 9.99. The van der Waals surface area contributed by atoms with E-state index < -0.39 is 6.23 Å². The van der Waals surface area contributed by atoms with Gasteiger partial charge in [0.1, 0.15) is 18.3 Å². The average molecular weight is 523 g/mol. The van der Waals surface area contributed by atoms with E-state index in [1.54, 1.807) is 12.2 Å². The summed E-state index contributed by atoms with van der Waals surface area (Å²) in [6.45, 7) is 10.8. The number of halogens is 1. The molecule has 1 saturated carbocycles. The Kier molecular flexibility index (Phi) is 10.1. The van der Waals surface area contributed by atoms with E-state index in [9.17, 15) is 9.90 Å². The molecule has 0 radical (unpaired) electrons. The third kappa shape index (κ3) is 7.20. The lowest BCUT2D eigenvalue weighted by molar-refractivity contribution is -0.104. The summed E-state index contributed by atoms with van der Waals surface area (Å²) in [4.78, 5) is 9.74. The van der Waals surface area contributed by atoms with E-state index in [0.717, 1.165) is 23.0 Å². The number of hydrogen-bond acceptors (Lipinski definition) is 6. The molecule has 1 atom stereocenters. The standard InChI is InChI=1S/C22H23ClN4OS.C6H8O/c1-3-16(23)12-24-21(28)13-29-22-26-25-14(2)27(22)20-11-10-17(15-8-9-15)18-6-4-5-7-19(18)20;1-3-4-6(2)5-7/h3-7,10-12,15,21,24,28H,1,8-9,13H2,2H3;3-5H,2H2,1H3/b16-12-;4-3-. The fourth-order valence-electron chi connectivity index (χ4n) is 3.66. The molecule has 3 aromatic rings. The molecule has 1 aliphatic carbocycles. The second-order valence-corrected chi connectivity index (χ2v) is 9.70. The maximum absolute atomic E-state index is 10.2. The highest BCUT2D eigenvalue weighted by Gasteiger charge is 2.26. The van der Waals surface area contributed by atoms with Crippen LogP contribution in [0.4, 0.5) is 0 Å². The summed E-state index contributed by atoms with van der Waals surface area (Å²) in [5, 5.41) is 25.3. The average Bonchev–Trinajstić information content (AvgIpc) is 3.68. The lowest BCUT2D eigenvalue weighted by Crippen LogP contribution is -2.26. The summed E-state index contributed by atoms with van der Waals surface area (Å²) in [6, 6.07) is 12.9. The number of allylic oxidation sites excluding steroid dienone is 5. The van der Waals surface area contributed by atoms with Crippen molar-refractivity contribution in [3.63, 3.8) is 0 Å². The highest BCUT2D eigenvalue weighted by atomic mass is 35.5. The Morgan fingerprint density at radius 2 is 2.00 bits per heavy atom. The van der Waals surface area contributed by atoms with Gasteiger partial charge in [0.15, 0.2) is 5.16 Å². The third-order valence-electron chi connectivity index (χ3n) is 5.50. The van der Waals surface area contributed by atoms with Crippen LogP contribution in [0.3, 0.4) is 0 Å². The number of carbonyl (C=O) groups is 1. The molecule has 1 unspecified atom stereocenters. The molecule has 2 N–H and O–H groups in total. The van der Waals surface area contributed by atoms with Gasteiger partial charge in [0.05, 0.1) is 10.7 Å². The Bertz CT molecular complexity index is 1290. The zero-order chi connectivity index (χ0) is 26.1. The van der Waals surface area contributed by atoms with Gasteiger partial charge in [0, 0.05) is 22.9 Å². The molecule has 0 bridgehead atoms. The number of fused-ring (bicyclic) bond motifs is 1. The van der Waals surface area contributed by atoms with Crippen molar-refractivity contribution < 1.29 is 9.90 Å². The lowest BCUT2D eigenvalue weighted by Gasteiger charge is -2.15. The van der Waals surface area contributed by atoms with Crippen LogP contribution in [0.1, 0.15) is 37.1 Å². The Morgan fingerprint density at radius 3 is 2.61 bits per heavy atom. The second kappa shape index (κ2) is 13.3. The van der Waals surface area contributed by atoms with Crippen LogP contribution < -0.4 is 5.32 Å². The minimum atomic E-state index is -0.770. The van der Waals surface area contributed by atoms with E-state index in [-0.39, 0.29) is 0 Å². The van der Waals surface area contributed by atoms with E-state index in [1.165, 1.54) is 53.2 Å². The Labute approximate surface area is 221 Å². The number of carbonyl (C=O) groups excluding carboxylic acids is 1. The number of aromatic nitrogens is 3. The third-order valence-corrected chi connectivity index (χ3v) is 6.77. The molecule has 6 nitrogen and oxygen atoms in total. The van der Waals surface area contributed by atoms with E-state index in [4.69, 9.17) is 11.6 Å². The van der Waals surface area contributed by atoms with Gasteiger partial charge in [-0.15, -0.1) is 10.2 Å². The highest BCUT2D eigenvalue weighted by molar-refractivity contribution is 7.99. The van der Waals surface area contributed by atoms with Crippen LogP contribution in [0.5, 0.6) is 0 Å². The molecule has 1 aromatic heterocycles. The van der Waals surface area contributed by atoms with Gasteiger partial charge in [-0.2, -0.15) is 0 Å². The molecule has 0 saturated heterocycles. The maximum atomic E-state index is 10.2. The molecule has 4 rings (SSSR count). The Hall–Kier alpha value is -3.13. The number of nitrogens with zero attached hydrogens (tertiary/aromatic N) is 3. The van der Waals surface area contributed by atoms with Crippen molar-refractivity contribution in [2.75, 3.05) is 5.75 Å². The van der Waals surface area contributed by atoms with Crippen molar-refractivity contribution in [1.82, 2.24) is 20.1 Å². The predicted molar refractivity (Wildman–Crippen MR) is 150 cm³/mol. The number of hydrogen-bond donors (Lipinski definition) is 2. The SMILES string of the molecule is C=C(C=O)/C=C\C.C=C/C(Cl)=C/NC(O)CSc1nnc(C)n1-c1ccc(C2CC2)c2ccccc12. The highest BCUT2D eigenvalue weighted by Crippen LogP contribution is 2.44. The van der Waals surface area contributed by atoms with E-state index >= 15 is 0 Å². The number of aliphatic hydroxyl groups is 1. The molecule has 1 fully saturated rings. The van der Waals surface area contributed by atoms with Gasteiger partial charge in [-0.25, -0.2) is 0 Å². The summed E-state index contributed by atoms with van der Waals surface area (Å²) in [5.74, 6) is 1.89. The summed E-state index contributed by atoms with van der Waals surface area (Å²) in [7, 11) is 0. The minimum absolute atomic E-state index is 0.397. The zero-order valence-electron chi connectivity index (χ0n) is 20.5. The first kappa shape index (κ1) is 27.5. The number of aldehydes is 1. The smallest absolute Gasteiger partial charge is 0.196 e. The van der Waals surface area contributed by atoms with Crippen molar-refractivity contribution in [3.8, 4) is 5.69 Å². The number of aryl methyl sites for hydroxylation is 1. The van der Waals surface area contributed by atoms with Crippen molar-refractivity contribution in [3.05, 3.63) is 96.0 Å². The Balaban J connectivity index is 0.000000454. The van der Waals surface area contributed by atoms with Crippen molar-refractivity contribution in [2.24, 2.45) is 0 Å². The van der Waals surface area contributed by atoms with Gasteiger partial charge < -0.3 is 10.4 Å². The van der Waals surface area contributed by atoms with Gasteiger partial charge >= 0.3 is 0 Å². The number of aliphatic hydroxyl groups excluding tert-OH is 1. The zero-order valence-corrected chi connectivity index (χ0v) is 22.1. The van der Waals surface area contributed by atoms with Crippen molar-refractivity contribution in [1.29, 1.82) is 0 Å². The molecule has 8 heteroatoms. The summed E-state index contributed by atoms with van der Waals surface area (Å²) in [5.41, 5.74) is 3.00. The van der Waals surface area contributed by atoms with Crippen LogP contribution in [0.15, 0.2) is 89.7 Å². The molecule has 1 heterocycles. The Morgan fingerprint density at radius 1 is 1.28 bits per heavy atom. The molecule has 36 heavy (non-hydrogen) atoms. The molecule has 1 aliphatic rings. The second-order valence-electron chi connectivity index (χ2n) is 8.28. The fraction of sp³-hybridized carbons (Fsp3) is 0.250. The van der Waals surface area contributed by atoms with Gasteiger partial charge in [-0.1, -0.05) is 79.0 Å². The number of thioether (sulfide) groups is 1. The first-order chi connectivity index (χ1) is 17.4. The fourth-order valence-corrected chi connectivity index (χ4v) is 4.58. The molecular formula is C28H31ClN4O2S. The van der Waals surface area contributed by atoms with Crippen LogP contribution in [-0.4, -0.2) is 38.1 Å².